The summed E-state index contributed by atoms with van der Waals surface area (Å²) in [4.78, 5) is 4.58. The molecule has 18 heavy (non-hydrogen) atoms. The zero-order valence-electron chi connectivity index (χ0n) is 10.4. The Hall–Kier alpha value is -1.86. The van der Waals surface area contributed by atoms with Gasteiger partial charge in [-0.15, -0.1) is 0 Å². The molecule has 94 valence electrons. The largest absolute Gasteiger partial charge is 0.365 e. The van der Waals surface area contributed by atoms with Crippen LogP contribution in [-0.2, 0) is 12.8 Å². The number of nitrogens with zero attached hydrogens (tertiary/aromatic N) is 2. The third-order valence-electron chi connectivity index (χ3n) is 3.11. The van der Waals surface area contributed by atoms with E-state index in [4.69, 9.17) is 11.0 Å². The van der Waals surface area contributed by atoms with E-state index in [2.05, 4.69) is 16.4 Å². The van der Waals surface area contributed by atoms with Gasteiger partial charge in [0.05, 0.1) is 5.56 Å². The Morgan fingerprint density at radius 2 is 2.22 bits per heavy atom. The molecule has 2 rings (SSSR count). The summed E-state index contributed by atoms with van der Waals surface area (Å²) in [7, 11) is 0. The standard InChI is InChI=1S/C14H18N4/c15-7-3-4-8-17-14-12(10-16)9-11-5-1-2-6-13(11)18-14/h3-4,9H,1-2,5-8,15H2,(H,17,18)/b4-3+. The van der Waals surface area contributed by atoms with Crippen LogP contribution in [0, 0.1) is 11.3 Å². The van der Waals surface area contributed by atoms with Gasteiger partial charge in [0, 0.05) is 18.8 Å². The molecule has 0 saturated heterocycles. The lowest BCUT2D eigenvalue weighted by Crippen LogP contribution is -2.11. The Morgan fingerprint density at radius 3 is 3.00 bits per heavy atom. The number of nitrogens with one attached hydrogen (secondary N) is 1. The first kappa shape index (κ1) is 12.6. The number of aryl methyl sites for hydroxylation is 2. The molecule has 1 aromatic rings. The van der Waals surface area contributed by atoms with E-state index < -0.39 is 0 Å². The van der Waals surface area contributed by atoms with Crippen LogP contribution < -0.4 is 11.1 Å². The summed E-state index contributed by atoms with van der Waals surface area (Å²) in [6.45, 7) is 1.18. The summed E-state index contributed by atoms with van der Waals surface area (Å²) in [5.74, 6) is 0.694. The molecule has 1 aliphatic carbocycles. The summed E-state index contributed by atoms with van der Waals surface area (Å²) in [6, 6.07) is 4.20. The van der Waals surface area contributed by atoms with Gasteiger partial charge in [-0.3, -0.25) is 0 Å². The average molecular weight is 242 g/mol. The molecule has 0 saturated carbocycles. The zero-order valence-corrected chi connectivity index (χ0v) is 10.4. The van der Waals surface area contributed by atoms with Gasteiger partial charge in [-0.2, -0.15) is 5.26 Å². The van der Waals surface area contributed by atoms with E-state index in [1.54, 1.807) is 0 Å². The van der Waals surface area contributed by atoms with Gasteiger partial charge in [-0.05, 0) is 37.3 Å². The number of hydrogen-bond donors (Lipinski definition) is 2. The molecule has 0 aromatic carbocycles. The molecular formula is C14H18N4. The fraction of sp³-hybridized carbons (Fsp3) is 0.429. The Balaban J connectivity index is 2.18. The van der Waals surface area contributed by atoms with Crippen LogP contribution in [0.5, 0.6) is 0 Å². The van der Waals surface area contributed by atoms with Crippen LogP contribution in [0.4, 0.5) is 5.82 Å². The number of hydrogen-bond acceptors (Lipinski definition) is 4. The number of nitriles is 1. The third-order valence-corrected chi connectivity index (χ3v) is 3.11. The molecule has 0 spiro atoms. The quantitative estimate of drug-likeness (QED) is 0.789. The summed E-state index contributed by atoms with van der Waals surface area (Å²) < 4.78 is 0. The molecule has 0 radical (unpaired) electrons. The molecule has 1 aromatic heterocycles. The Labute approximate surface area is 108 Å². The number of rotatable bonds is 4. The van der Waals surface area contributed by atoms with Crippen LogP contribution in [-0.4, -0.2) is 18.1 Å². The van der Waals surface area contributed by atoms with E-state index in [0.717, 1.165) is 18.5 Å². The van der Waals surface area contributed by atoms with Crippen molar-refractivity contribution in [1.29, 1.82) is 5.26 Å². The first-order valence-corrected chi connectivity index (χ1v) is 6.37. The predicted octanol–water partition coefficient (Wildman–Crippen LogP) is 1.76. The lowest BCUT2D eigenvalue weighted by molar-refractivity contribution is 0.668. The SMILES string of the molecule is N#Cc1cc2c(nc1NC/C=C/CN)CCCC2. The maximum absolute atomic E-state index is 9.15. The Bertz CT molecular complexity index is 485. The maximum atomic E-state index is 9.15. The third kappa shape index (κ3) is 2.88. The number of anilines is 1. The molecule has 0 unspecified atom stereocenters. The first-order chi connectivity index (χ1) is 8.85. The molecule has 4 heteroatoms. The van der Waals surface area contributed by atoms with Gasteiger partial charge in [-0.25, -0.2) is 4.98 Å². The molecule has 3 N–H and O–H groups in total. The Kier molecular flexibility index (Phi) is 4.32. The van der Waals surface area contributed by atoms with E-state index in [0.29, 0.717) is 24.5 Å². The van der Waals surface area contributed by atoms with E-state index >= 15 is 0 Å². The number of fused-ring (bicyclic) bond motifs is 1. The van der Waals surface area contributed by atoms with Gasteiger partial charge in [0.1, 0.15) is 11.9 Å². The highest BCUT2D eigenvalue weighted by Crippen LogP contribution is 2.24. The molecule has 0 bridgehead atoms. The molecule has 0 fully saturated rings. The second-order valence-electron chi connectivity index (χ2n) is 4.40. The van der Waals surface area contributed by atoms with E-state index in [9.17, 15) is 0 Å². The van der Waals surface area contributed by atoms with Crippen LogP contribution in [0.1, 0.15) is 29.7 Å². The minimum atomic E-state index is 0.532. The minimum absolute atomic E-state index is 0.532. The van der Waals surface area contributed by atoms with Gasteiger partial charge >= 0.3 is 0 Å². The van der Waals surface area contributed by atoms with Gasteiger partial charge in [0.25, 0.3) is 0 Å². The van der Waals surface area contributed by atoms with Crippen molar-refractivity contribution in [2.75, 3.05) is 18.4 Å². The normalized spacial score (nSPS) is 14.2. The monoisotopic (exact) mass is 242 g/mol. The second-order valence-corrected chi connectivity index (χ2v) is 4.40. The van der Waals surface area contributed by atoms with Crippen LogP contribution in [0.25, 0.3) is 0 Å². The summed E-state index contributed by atoms with van der Waals surface area (Å²) >= 11 is 0. The van der Waals surface area contributed by atoms with Crippen molar-refractivity contribution in [1.82, 2.24) is 4.98 Å². The van der Waals surface area contributed by atoms with Crippen molar-refractivity contribution < 1.29 is 0 Å². The summed E-state index contributed by atoms with van der Waals surface area (Å²) in [5, 5.41) is 12.3. The average Bonchev–Trinajstić information content (AvgIpc) is 2.42. The van der Waals surface area contributed by atoms with Gasteiger partial charge < -0.3 is 11.1 Å². The van der Waals surface area contributed by atoms with Gasteiger partial charge in [-0.1, -0.05) is 12.2 Å². The van der Waals surface area contributed by atoms with Crippen LogP contribution in [0.3, 0.4) is 0 Å². The fourth-order valence-corrected chi connectivity index (χ4v) is 2.19. The second kappa shape index (κ2) is 6.18. The molecule has 0 atom stereocenters. The van der Waals surface area contributed by atoms with Crippen molar-refractivity contribution in [2.45, 2.75) is 25.7 Å². The summed E-state index contributed by atoms with van der Waals surface area (Å²) in [5.41, 5.74) is 8.39. The lowest BCUT2D eigenvalue weighted by Gasteiger charge is -2.16. The van der Waals surface area contributed by atoms with E-state index in [1.165, 1.54) is 18.4 Å². The lowest BCUT2D eigenvalue weighted by atomic mass is 9.95. The van der Waals surface area contributed by atoms with Crippen LogP contribution >= 0.6 is 0 Å². The first-order valence-electron chi connectivity index (χ1n) is 6.37. The number of pyridine rings is 1. The topological polar surface area (TPSA) is 74.7 Å². The molecule has 4 nitrogen and oxygen atoms in total. The van der Waals surface area contributed by atoms with Gasteiger partial charge in [0.15, 0.2) is 0 Å². The highest BCUT2D eigenvalue weighted by Gasteiger charge is 2.14. The van der Waals surface area contributed by atoms with Crippen molar-refractivity contribution in [3.63, 3.8) is 0 Å². The highest BCUT2D eigenvalue weighted by molar-refractivity contribution is 5.55. The smallest absolute Gasteiger partial charge is 0.144 e. The van der Waals surface area contributed by atoms with Crippen LogP contribution in [0.15, 0.2) is 18.2 Å². The van der Waals surface area contributed by atoms with Crippen molar-refractivity contribution in [3.05, 3.63) is 35.0 Å². The number of aromatic nitrogens is 1. The molecule has 0 aliphatic heterocycles. The van der Waals surface area contributed by atoms with Crippen molar-refractivity contribution in [3.8, 4) is 6.07 Å². The highest BCUT2D eigenvalue weighted by atomic mass is 15.0. The van der Waals surface area contributed by atoms with Crippen molar-refractivity contribution >= 4 is 5.82 Å². The molecular weight excluding hydrogens is 224 g/mol. The maximum Gasteiger partial charge on any atom is 0.144 e. The van der Waals surface area contributed by atoms with Crippen LogP contribution in [0.2, 0.25) is 0 Å². The zero-order chi connectivity index (χ0) is 12.8. The minimum Gasteiger partial charge on any atom is -0.365 e. The predicted molar refractivity (Wildman–Crippen MR) is 72.3 cm³/mol. The molecule has 1 heterocycles. The van der Waals surface area contributed by atoms with Crippen molar-refractivity contribution in [2.24, 2.45) is 5.73 Å². The Morgan fingerprint density at radius 1 is 1.39 bits per heavy atom. The van der Waals surface area contributed by atoms with E-state index in [-0.39, 0.29) is 0 Å². The molecule has 0 amide bonds. The molecule has 1 aliphatic rings. The van der Waals surface area contributed by atoms with Gasteiger partial charge in [0.2, 0.25) is 0 Å². The number of nitrogens with two attached hydrogens (primary N) is 1. The fourth-order valence-electron chi connectivity index (χ4n) is 2.19. The van der Waals surface area contributed by atoms with E-state index in [1.807, 2.05) is 18.2 Å². The summed E-state index contributed by atoms with van der Waals surface area (Å²) in [6.07, 6.45) is 8.29.